The molecule has 104 valence electrons. The van der Waals surface area contributed by atoms with Crippen molar-refractivity contribution in [3.63, 3.8) is 0 Å². The predicted molar refractivity (Wildman–Crippen MR) is 84.5 cm³/mol. The van der Waals surface area contributed by atoms with E-state index in [0.29, 0.717) is 5.56 Å². The first-order valence-electron chi connectivity index (χ1n) is 6.78. The van der Waals surface area contributed by atoms with E-state index in [-0.39, 0.29) is 5.91 Å². The van der Waals surface area contributed by atoms with E-state index in [0.717, 1.165) is 17.8 Å². The summed E-state index contributed by atoms with van der Waals surface area (Å²) in [6.07, 6.45) is 0.998. The lowest BCUT2D eigenvalue weighted by molar-refractivity contribution is 0.102. The average molecular weight is 268 g/mol. The minimum Gasteiger partial charge on any atom is -0.377 e. The lowest BCUT2D eigenvalue weighted by atomic mass is 10.1. The third-order valence-corrected chi connectivity index (χ3v) is 3.25. The van der Waals surface area contributed by atoms with Crippen LogP contribution in [0.15, 0.2) is 48.5 Å². The summed E-state index contributed by atoms with van der Waals surface area (Å²) in [5.74, 6) is -0.0847. The Bertz CT molecular complexity index is 588. The Morgan fingerprint density at radius 3 is 2.30 bits per heavy atom. The van der Waals surface area contributed by atoms with Gasteiger partial charge in [0.1, 0.15) is 0 Å². The molecule has 0 aliphatic carbocycles. The van der Waals surface area contributed by atoms with Crippen molar-refractivity contribution in [1.29, 1.82) is 0 Å². The lowest BCUT2D eigenvalue weighted by Crippen LogP contribution is -2.18. The van der Waals surface area contributed by atoms with E-state index >= 15 is 0 Å². The van der Waals surface area contributed by atoms with Gasteiger partial charge >= 0.3 is 0 Å². The van der Waals surface area contributed by atoms with E-state index in [1.165, 1.54) is 5.56 Å². The highest BCUT2D eigenvalue weighted by Crippen LogP contribution is 2.19. The van der Waals surface area contributed by atoms with Crippen molar-refractivity contribution in [2.45, 2.75) is 13.3 Å². The molecule has 0 atom stereocenters. The van der Waals surface area contributed by atoms with E-state index in [1.807, 2.05) is 67.5 Å². The zero-order chi connectivity index (χ0) is 14.5. The molecule has 0 aliphatic rings. The summed E-state index contributed by atoms with van der Waals surface area (Å²) < 4.78 is 0. The molecule has 1 N–H and O–H groups in total. The van der Waals surface area contributed by atoms with Gasteiger partial charge in [0.2, 0.25) is 0 Å². The van der Waals surface area contributed by atoms with Crippen molar-refractivity contribution < 1.29 is 4.79 Å². The summed E-state index contributed by atoms with van der Waals surface area (Å²) in [5.41, 5.74) is 3.67. The topological polar surface area (TPSA) is 32.3 Å². The summed E-state index contributed by atoms with van der Waals surface area (Å²) >= 11 is 0. The largest absolute Gasteiger partial charge is 0.377 e. The number of carbonyl (C=O) groups is 1. The normalized spacial score (nSPS) is 10.2. The van der Waals surface area contributed by atoms with Gasteiger partial charge in [0.05, 0.1) is 5.56 Å². The van der Waals surface area contributed by atoms with Crippen LogP contribution in [0.3, 0.4) is 0 Å². The molecule has 0 aliphatic heterocycles. The quantitative estimate of drug-likeness (QED) is 0.919. The first-order valence-corrected chi connectivity index (χ1v) is 6.78. The molecule has 1 amide bonds. The van der Waals surface area contributed by atoms with Gasteiger partial charge < -0.3 is 10.2 Å². The molecule has 0 radical (unpaired) electrons. The maximum absolute atomic E-state index is 12.4. The van der Waals surface area contributed by atoms with Crippen LogP contribution in [0, 0.1) is 0 Å². The molecule has 0 aromatic heterocycles. The van der Waals surface area contributed by atoms with Crippen molar-refractivity contribution in [2.24, 2.45) is 0 Å². The van der Waals surface area contributed by atoms with Gasteiger partial charge in [0.15, 0.2) is 0 Å². The lowest BCUT2D eigenvalue weighted by Gasteiger charge is -2.17. The number of hydrogen-bond donors (Lipinski definition) is 1. The third-order valence-electron chi connectivity index (χ3n) is 3.25. The molecule has 2 rings (SSSR count). The molecule has 0 heterocycles. The number of carbonyl (C=O) groups excluding carboxylic acids is 1. The number of nitrogens with zero attached hydrogens (tertiary/aromatic N) is 1. The van der Waals surface area contributed by atoms with Crippen molar-refractivity contribution >= 4 is 17.3 Å². The van der Waals surface area contributed by atoms with Gasteiger partial charge in [-0.05, 0) is 36.2 Å². The molecule has 2 aromatic carbocycles. The van der Waals surface area contributed by atoms with Crippen LogP contribution in [0.5, 0.6) is 0 Å². The monoisotopic (exact) mass is 268 g/mol. The molecule has 0 fully saturated rings. The van der Waals surface area contributed by atoms with E-state index in [1.54, 1.807) is 0 Å². The van der Waals surface area contributed by atoms with Crippen LogP contribution < -0.4 is 10.2 Å². The maximum Gasteiger partial charge on any atom is 0.257 e. The Labute approximate surface area is 120 Å². The predicted octanol–water partition coefficient (Wildman–Crippen LogP) is 3.57. The summed E-state index contributed by atoms with van der Waals surface area (Å²) in [7, 11) is 3.87. The van der Waals surface area contributed by atoms with E-state index in [9.17, 15) is 4.79 Å². The van der Waals surface area contributed by atoms with Gasteiger partial charge in [-0.2, -0.15) is 0 Å². The van der Waals surface area contributed by atoms with Crippen molar-refractivity contribution in [3.05, 3.63) is 59.7 Å². The van der Waals surface area contributed by atoms with Crippen molar-refractivity contribution in [3.8, 4) is 0 Å². The fraction of sp³-hybridized carbons (Fsp3) is 0.235. The van der Waals surface area contributed by atoms with Gasteiger partial charge in [-0.1, -0.05) is 31.2 Å². The zero-order valence-electron chi connectivity index (χ0n) is 12.2. The standard InChI is InChI=1S/C17H20N2O/c1-4-13-9-11-14(12-10-13)18-17(20)15-7-5-6-8-16(15)19(2)3/h5-12H,4H2,1-3H3,(H,18,20). The van der Waals surface area contributed by atoms with Crippen molar-refractivity contribution in [2.75, 3.05) is 24.3 Å². The molecule has 0 saturated carbocycles. The SMILES string of the molecule is CCc1ccc(NC(=O)c2ccccc2N(C)C)cc1. The molecule has 2 aromatic rings. The number of nitrogens with one attached hydrogen (secondary N) is 1. The number of rotatable bonds is 4. The number of amides is 1. The molecule has 20 heavy (non-hydrogen) atoms. The Morgan fingerprint density at radius 2 is 1.70 bits per heavy atom. The molecular weight excluding hydrogens is 248 g/mol. The zero-order valence-corrected chi connectivity index (χ0v) is 12.2. The van der Waals surface area contributed by atoms with Crippen molar-refractivity contribution in [1.82, 2.24) is 0 Å². The van der Waals surface area contributed by atoms with Crippen LogP contribution in [0.4, 0.5) is 11.4 Å². The Morgan fingerprint density at radius 1 is 1.05 bits per heavy atom. The Hall–Kier alpha value is -2.29. The van der Waals surface area contributed by atoms with Gasteiger partial charge in [0.25, 0.3) is 5.91 Å². The molecule has 0 unspecified atom stereocenters. The highest BCUT2D eigenvalue weighted by Gasteiger charge is 2.12. The highest BCUT2D eigenvalue weighted by molar-refractivity contribution is 6.08. The first kappa shape index (κ1) is 14.1. The number of benzene rings is 2. The van der Waals surface area contributed by atoms with E-state index in [2.05, 4.69) is 12.2 Å². The minimum absolute atomic E-state index is 0.0847. The van der Waals surface area contributed by atoms with Gasteiger partial charge in [-0.15, -0.1) is 0 Å². The van der Waals surface area contributed by atoms with Crippen LogP contribution in [0.25, 0.3) is 0 Å². The molecule has 0 saturated heterocycles. The minimum atomic E-state index is -0.0847. The fourth-order valence-electron chi connectivity index (χ4n) is 2.08. The number of para-hydroxylation sites is 1. The smallest absolute Gasteiger partial charge is 0.257 e. The Kier molecular flexibility index (Phi) is 4.41. The number of aryl methyl sites for hydroxylation is 1. The van der Waals surface area contributed by atoms with Crippen LogP contribution in [0.2, 0.25) is 0 Å². The van der Waals surface area contributed by atoms with Gasteiger partial charge in [-0.25, -0.2) is 0 Å². The summed E-state index contributed by atoms with van der Waals surface area (Å²) in [4.78, 5) is 14.3. The first-order chi connectivity index (χ1) is 9.61. The van der Waals surface area contributed by atoms with Crippen LogP contribution >= 0.6 is 0 Å². The maximum atomic E-state index is 12.4. The fourth-order valence-corrected chi connectivity index (χ4v) is 2.08. The Balaban J connectivity index is 2.19. The van der Waals surface area contributed by atoms with Crippen LogP contribution in [-0.2, 0) is 6.42 Å². The van der Waals surface area contributed by atoms with Crippen LogP contribution in [0.1, 0.15) is 22.8 Å². The second-order valence-electron chi connectivity index (χ2n) is 4.92. The molecule has 0 spiro atoms. The second kappa shape index (κ2) is 6.24. The summed E-state index contributed by atoms with van der Waals surface area (Å²) in [6, 6.07) is 15.5. The molecule has 0 bridgehead atoms. The van der Waals surface area contributed by atoms with E-state index < -0.39 is 0 Å². The number of hydrogen-bond acceptors (Lipinski definition) is 2. The molecule has 3 heteroatoms. The summed E-state index contributed by atoms with van der Waals surface area (Å²) in [5, 5.41) is 2.94. The average Bonchev–Trinajstić information content (AvgIpc) is 2.48. The summed E-state index contributed by atoms with van der Waals surface area (Å²) in [6.45, 7) is 2.11. The third kappa shape index (κ3) is 3.18. The molecule has 3 nitrogen and oxygen atoms in total. The van der Waals surface area contributed by atoms with E-state index in [4.69, 9.17) is 0 Å². The number of anilines is 2. The molecular formula is C17H20N2O. The van der Waals surface area contributed by atoms with Crippen LogP contribution in [-0.4, -0.2) is 20.0 Å². The second-order valence-corrected chi connectivity index (χ2v) is 4.92. The van der Waals surface area contributed by atoms with Gasteiger partial charge in [0, 0.05) is 25.5 Å². The highest BCUT2D eigenvalue weighted by atomic mass is 16.1. The van der Waals surface area contributed by atoms with Gasteiger partial charge in [-0.3, -0.25) is 4.79 Å².